The van der Waals surface area contributed by atoms with Gasteiger partial charge in [-0.05, 0) is 55.6 Å². The lowest BCUT2D eigenvalue weighted by Crippen LogP contribution is -2.44. The highest BCUT2D eigenvalue weighted by Gasteiger charge is 2.40. The zero-order valence-corrected chi connectivity index (χ0v) is 13.8. The van der Waals surface area contributed by atoms with E-state index in [1.807, 2.05) is 25.1 Å². The van der Waals surface area contributed by atoms with Crippen LogP contribution in [0.2, 0.25) is 0 Å². The van der Waals surface area contributed by atoms with Gasteiger partial charge in [0.05, 0.1) is 0 Å². The predicted octanol–water partition coefficient (Wildman–Crippen LogP) is 3.88. The SMILES string of the molecule is CC(C)c1ccccc1O[C@H](C)C(=O)N[C@H]1C[C@@H]2CC[C@@H]1C2. The van der Waals surface area contributed by atoms with Gasteiger partial charge < -0.3 is 10.1 Å². The van der Waals surface area contributed by atoms with E-state index in [2.05, 4.69) is 25.2 Å². The Bertz CT molecular complexity index is 540. The average molecular weight is 301 g/mol. The number of nitrogens with one attached hydrogen (secondary N) is 1. The molecule has 1 N–H and O–H groups in total. The van der Waals surface area contributed by atoms with Crippen molar-refractivity contribution in [3.63, 3.8) is 0 Å². The minimum absolute atomic E-state index is 0.0242. The first-order valence-electron chi connectivity index (χ1n) is 8.60. The predicted molar refractivity (Wildman–Crippen MR) is 88.0 cm³/mol. The Morgan fingerprint density at radius 1 is 1.18 bits per heavy atom. The Balaban J connectivity index is 1.60. The van der Waals surface area contributed by atoms with E-state index < -0.39 is 6.10 Å². The molecule has 3 rings (SSSR count). The van der Waals surface area contributed by atoms with Gasteiger partial charge in [-0.15, -0.1) is 0 Å². The second-order valence-corrected chi connectivity index (χ2v) is 7.24. The minimum atomic E-state index is -0.445. The van der Waals surface area contributed by atoms with Crippen molar-refractivity contribution in [3.8, 4) is 5.75 Å². The molecule has 2 fully saturated rings. The highest BCUT2D eigenvalue weighted by atomic mass is 16.5. The number of rotatable bonds is 5. The van der Waals surface area contributed by atoms with Crippen LogP contribution >= 0.6 is 0 Å². The Morgan fingerprint density at radius 3 is 2.59 bits per heavy atom. The first kappa shape index (κ1) is 15.4. The molecule has 120 valence electrons. The number of hydrogen-bond donors (Lipinski definition) is 1. The van der Waals surface area contributed by atoms with E-state index in [0.29, 0.717) is 17.9 Å². The molecule has 3 heteroatoms. The third-order valence-corrected chi connectivity index (χ3v) is 5.28. The summed E-state index contributed by atoms with van der Waals surface area (Å²) in [5.41, 5.74) is 1.15. The maximum absolute atomic E-state index is 12.4. The lowest BCUT2D eigenvalue weighted by atomic mass is 9.95. The number of benzene rings is 1. The smallest absolute Gasteiger partial charge is 0.261 e. The molecule has 2 aliphatic carbocycles. The number of hydrogen-bond acceptors (Lipinski definition) is 2. The second kappa shape index (κ2) is 6.31. The summed E-state index contributed by atoms with van der Waals surface area (Å²) < 4.78 is 5.95. The summed E-state index contributed by atoms with van der Waals surface area (Å²) in [7, 11) is 0. The summed E-state index contributed by atoms with van der Waals surface area (Å²) in [5, 5.41) is 3.22. The third-order valence-electron chi connectivity index (χ3n) is 5.28. The molecule has 0 aliphatic heterocycles. The van der Waals surface area contributed by atoms with Crippen LogP contribution in [0.4, 0.5) is 0 Å². The van der Waals surface area contributed by atoms with Crippen molar-refractivity contribution in [3.05, 3.63) is 29.8 Å². The highest BCUT2D eigenvalue weighted by molar-refractivity contribution is 5.81. The lowest BCUT2D eigenvalue weighted by Gasteiger charge is -2.25. The molecule has 0 spiro atoms. The van der Waals surface area contributed by atoms with Crippen LogP contribution < -0.4 is 10.1 Å². The molecule has 2 aliphatic rings. The maximum Gasteiger partial charge on any atom is 0.261 e. The molecule has 2 bridgehead atoms. The molecule has 0 heterocycles. The number of ether oxygens (including phenoxy) is 1. The molecule has 22 heavy (non-hydrogen) atoms. The zero-order chi connectivity index (χ0) is 15.7. The van der Waals surface area contributed by atoms with Gasteiger partial charge in [-0.3, -0.25) is 4.79 Å². The molecular weight excluding hydrogens is 274 g/mol. The van der Waals surface area contributed by atoms with Crippen molar-refractivity contribution < 1.29 is 9.53 Å². The number of carbonyl (C=O) groups is 1. The van der Waals surface area contributed by atoms with Crippen LogP contribution in [0.3, 0.4) is 0 Å². The third kappa shape index (κ3) is 3.13. The van der Waals surface area contributed by atoms with Crippen LogP contribution in [0.1, 0.15) is 57.9 Å². The van der Waals surface area contributed by atoms with E-state index in [1.165, 1.54) is 19.3 Å². The molecule has 4 atom stereocenters. The van der Waals surface area contributed by atoms with Gasteiger partial charge >= 0.3 is 0 Å². The molecule has 1 aromatic rings. The van der Waals surface area contributed by atoms with Crippen LogP contribution in [-0.2, 0) is 4.79 Å². The standard InChI is InChI=1S/C19H27NO2/c1-12(2)16-6-4-5-7-18(16)22-13(3)19(21)20-17-11-14-8-9-15(17)10-14/h4-7,12-15,17H,8-11H2,1-3H3,(H,20,21)/t13-,14-,15-,17+/m1/s1. The number of fused-ring (bicyclic) bond motifs is 2. The van der Waals surface area contributed by atoms with E-state index in [0.717, 1.165) is 23.7 Å². The molecule has 0 saturated heterocycles. The van der Waals surface area contributed by atoms with Crippen LogP contribution in [-0.4, -0.2) is 18.1 Å². The second-order valence-electron chi connectivity index (χ2n) is 7.24. The Kier molecular flexibility index (Phi) is 4.42. The molecule has 0 unspecified atom stereocenters. The van der Waals surface area contributed by atoms with Crippen LogP contribution in [0.5, 0.6) is 5.75 Å². The van der Waals surface area contributed by atoms with Crippen molar-refractivity contribution >= 4 is 5.91 Å². The van der Waals surface area contributed by atoms with Crippen molar-refractivity contribution in [1.29, 1.82) is 0 Å². The van der Waals surface area contributed by atoms with E-state index in [1.54, 1.807) is 0 Å². The Hall–Kier alpha value is -1.51. The number of carbonyl (C=O) groups excluding carboxylic acids is 1. The van der Waals surface area contributed by atoms with Gasteiger partial charge in [0.2, 0.25) is 0 Å². The molecule has 3 nitrogen and oxygen atoms in total. The van der Waals surface area contributed by atoms with Crippen molar-refractivity contribution in [1.82, 2.24) is 5.32 Å². The molecule has 0 aromatic heterocycles. The number of para-hydroxylation sites is 1. The van der Waals surface area contributed by atoms with Crippen LogP contribution in [0, 0.1) is 11.8 Å². The summed E-state index contributed by atoms with van der Waals surface area (Å²) in [6.45, 7) is 6.13. The zero-order valence-electron chi connectivity index (χ0n) is 13.8. The molecule has 1 aromatic carbocycles. The van der Waals surface area contributed by atoms with Gasteiger partial charge in [0.1, 0.15) is 5.75 Å². The molecule has 1 amide bonds. The van der Waals surface area contributed by atoms with Crippen molar-refractivity contribution in [2.75, 3.05) is 0 Å². The first-order valence-corrected chi connectivity index (χ1v) is 8.60. The maximum atomic E-state index is 12.4. The summed E-state index contributed by atoms with van der Waals surface area (Å²) in [6, 6.07) is 8.37. The first-order chi connectivity index (χ1) is 10.5. The van der Waals surface area contributed by atoms with Gasteiger partial charge in [-0.25, -0.2) is 0 Å². The fourth-order valence-corrected chi connectivity index (χ4v) is 4.03. The lowest BCUT2D eigenvalue weighted by molar-refractivity contribution is -0.128. The van der Waals surface area contributed by atoms with Gasteiger partial charge in [-0.1, -0.05) is 38.5 Å². The average Bonchev–Trinajstić information content (AvgIpc) is 3.10. The van der Waals surface area contributed by atoms with Gasteiger partial charge in [-0.2, -0.15) is 0 Å². The summed E-state index contributed by atoms with van der Waals surface area (Å²) in [4.78, 5) is 12.4. The summed E-state index contributed by atoms with van der Waals surface area (Å²) in [5.74, 6) is 2.78. The topological polar surface area (TPSA) is 38.3 Å². The van der Waals surface area contributed by atoms with Gasteiger partial charge in [0.15, 0.2) is 6.10 Å². The monoisotopic (exact) mass is 301 g/mol. The van der Waals surface area contributed by atoms with E-state index in [9.17, 15) is 4.79 Å². The molecule has 0 radical (unpaired) electrons. The molecule has 2 saturated carbocycles. The summed E-state index contributed by atoms with van der Waals surface area (Å²) >= 11 is 0. The Morgan fingerprint density at radius 2 is 1.95 bits per heavy atom. The van der Waals surface area contributed by atoms with Crippen molar-refractivity contribution in [2.24, 2.45) is 11.8 Å². The molecular formula is C19H27NO2. The minimum Gasteiger partial charge on any atom is -0.481 e. The van der Waals surface area contributed by atoms with E-state index >= 15 is 0 Å². The summed E-state index contributed by atoms with van der Waals surface area (Å²) in [6.07, 6.45) is 4.65. The Labute approximate surface area is 133 Å². The number of amides is 1. The van der Waals surface area contributed by atoms with E-state index in [-0.39, 0.29) is 5.91 Å². The van der Waals surface area contributed by atoms with Gasteiger partial charge in [0.25, 0.3) is 5.91 Å². The quantitative estimate of drug-likeness (QED) is 0.896. The van der Waals surface area contributed by atoms with Crippen LogP contribution in [0.25, 0.3) is 0 Å². The fourth-order valence-electron chi connectivity index (χ4n) is 4.03. The van der Waals surface area contributed by atoms with Gasteiger partial charge in [0, 0.05) is 6.04 Å². The highest BCUT2D eigenvalue weighted by Crippen LogP contribution is 2.44. The largest absolute Gasteiger partial charge is 0.481 e. The van der Waals surface area contributed by atoms with Crippen LogP contribution in [0.15, 0.2) is 24.3 Å². The fraction of sp³-hybridized carbons (Fsp3) is 0.632. The normalized spacial score (nSPS) is 27.9. The van der Waals surface area contributed by atoms with E-state index in [4.69, 9.17) is 4.74 Å². The van der Waals surface area contributed by atoms with Crippen molar-refractivity contribution in [2.45, 2.75) is 64.5 Å².